The molecule has 0 aromatic heterocycles. The maximum absolute atomic E-state index is 9.46. The molecule has 0 aliphatic heterocycles. The maximum Gasteiger partial charge on any atom is 0.120 e. The number of nitriles is 1. The molecule has 2 heteroatoms. The number of ether oxygens (including phenoxy) is 1. The van der Waals surface area contributed by atoms with Gasteiger partial charge in [0, 0.05) is 0 Å². The molecule has 0 aliphatic carbocycles. The lowest BCUT2D eigenvalue weighted by atomic mass is 10.1. The first-order valence-corrected chi connectivity index (χ1v) is 11.2. The van der Waals surface area contributed by atoms with Crippen molar-refractivity contribution in [2.24, 2.45) is 0 Å². The molecule has 2 rings (SSSR count). The van der Waals surface area contributed by atoms with Gasteiger partial charge in [0.25, 0.3) is 0 Å². The Balaban J connectivity index is 1.66. The quantitative estimate of drug-likeness (QED) is 0.242. The van der Waals surface area contributed by atoms with E-state index >= 15 is 0 Å². The summed E-state index contributed by atoms with van der Waals surface area (Å²) >= 11 is 0. The topological polar surface area (TPSA) is 33.0 Å². The summed E-state index contributed by atoms with van der Waals surface area (Å²) in [6, 6.07) is 18.2. The lowest BCUT2D eigenvalue weighted by molar-refractivity contribution is 0.304. The second-order valence-corrected chi connectivity index (χ2v) is 7.64. The van der Waals surface area contributed by atoms with Gasteiger partial charge < -0.3 is 4.74 Å². The summed E-state index contributed by atoms with van der Waals surface area (Å²) in [5.41, 5.74) is 2.69. The smallest absolute Gasteiger partial charge is 0.120 e. The van der Waals surface area contributed by atoms with Crippen molar-refractivity contribution in [2.75, 3.05) is 6.61 Å². The van der Waals surface area contributed by atoms with Crippen LogP contribution in [0.5, 0.6) is 5.75 Å². The summed E-state index contributed by atoms with van der Waals surface area (Å²) in [4.78, 5) is 0. The standard InChI is InChI=1S/C27H35NO/c1-2-3-4-5-6-7-8-9-10-14-21-29-27-20-19-25(26(22-27)23-28)18-17-24-15-12-11-13-16-24/h11-13,15-20,22H,2-10,14,21H2,1H3. The lowest BCUT2D eigenvalue weighted by Gasteiger charge is -2.08. The number of hydrogen-bond donors (Lipinski definition) is 0. The van der Waals surface area contributed by atoms with Crippen LogP contribution in [0.25, 0.3) is 12.2 Å². The highest BCUT2D eigenvalue weighted by Gasteiger charge is 2.02. The van der Waals surface area contributed by atoms with E-state index in [1.165, 1.54) is 57.8 Å². The molecule has 2 aromatic carbocycles. The minimum Gasteiger partial charge on any atom is -0.494 e. The van der Waals surface area contributed by atoms with Gasteiger partial charge in [0.05, 0.1) is 18.2 Å². The zero-order valence-electron chi connectivity index (χ0n) is 17.9. The zero-order chi connectivity index (χ0) is 20.6. The number of hydrogen-bond acceptors (Lipinski definition) is 2. The molecule has 0 heterocycles. The third-order valence-corrected chi connectivity index (χ3v) is 5.17. The van der Waals surface area contributed by atoms with Crippen molar-refractivity contribution in [3.8, 4) is 11.8 Å². The average molecular weight is 390 g/mol. The molecular formula is C27H35NO. The van der Waals surface area contributed by atoms with E-state index in [-0.39, 0.29) is 0 Å². The van der Waals surface area contributed by atoms with E-state index in [1.54, 1.807) is 0 Å². The second kappa shape index (κ2) is 14.5. The van der Waals surface area contributed by atoms with Crippen molar-refractivity contribution in [3.05, 3.63) is 65.2 Å². The minimum absolute atomic E-state index is 0.651. The van der Waals surface area contributed by atoms with Crippen LogP contribution in [0.4, 0.5) is 0 Å². The first-order chi connectivity index (χ1) is 14.3. The second-order valence-electron chi connectivity index (χ2n) is 7.64. The van der Waals surface area contributed by atoms with Crippen LogP contribution in [-0.2, 0) is 0 Å². The van der Waals surface area contributed by atoms with E-state index in [2.05, 4.69) is 13.0 Å². The Labute approximate surface area is 177 Å². The molecular weight excluding hydrogens is 354 g/mol. The summed E-state index contributed by atoms with van der Waals surface area (Å²) in [7, 11) is 0. The van der Waals surface area contributed by atoms with Gasteiger partial charge in [-0.05, 0) is 35.7 Å². The monoisotopic (exact) mass is 389 g/mol. The van der Waals surface area contributed by atoms with Crippen LogP contribution >= 0.6 is 0 Å². The maximum atomic E-state index is 9.46. The van der Waals surface area contributed by atoms with E-state index in [0.717, 1.165) is 29.9 Å². The van der Waals surface area contributed by atoms with E-state index in [0.29, 0.717) is 5.56 Å². The Morgan fingerprint density at radius 3 is 2.10 bits per heavy atom. The normalized spacial score (nSPS) is 10.9. The third kappa shape index (κ3) is 9.48. The highest BCUT2D eigenvalue weighted by atomic mass is 16.5. The van der Waals surface area contributed by atoms with Crippen molar-refractivity contribution < 1.29 is 4.74 Å². The van der Waals surface area contributed by atoms with Crippen LogP contribution in [0, 0.1) is 11.3 Å². The first kappa shape index (κ1) is 22.8. The molecule has 0 saturated heterocycles. The summed E-state index contributed by atoms with van der Waals surface area (Å²) in [6.07, 6.45) is 17.2. The molecule has 0 atom stereocenters. The van der Waals surface area contributed by atoms with Crippen molar-refractivity contribution in [1.82, 2.24) is 0 Å². The molecule has 2 aromatic rings. The molecule has 2 nitrogen and oxygen atoms in total. The predicted molar refractivity (Wildman–Crippen MR) is 124 cm³/mol. The van der Waals surface area contributed by atoms with Crippen LogP contribution < -0.4 is 4.74 Å². The molecule has 0 radical (unpaired) electrons. The van der Waals surface area contributed by atoms with Gasteiger partial charge in [-0.25, -0.2) is 0 Å². The number of rotatable bonds is 14. The molecule has 0 bridgehead atoms. The molecule has 0 aliphatic rings. The largest absolute Gasteiger partial charge is 0.494 e. The number of benzene rings is 2. The Kier molecular flexibility index (Phi) is 11.4. The van der Waals surface area contributed by atoms with Crippen molar-refractivity contribution in [1.29, 1.82) is 5.26 Å². The SMILES string of the molecule is CCCCCCCCCCCCOc1ccc(C=Cc2ccccc2)c(C#N)c1. The number of unbranched alkanes of at least 4 members (excludes halogenated alkanes) is 9. The Hall–Kier alpha value is -2.53. The summed E-state index contributed by atoms with van der Waals surface area (Å²) in [6.45, 7) is 2.99. The van der Waals surface area contributed by atoms with Gasteiger partial charge >= 0.3 is 0 Å². The van der Waals surface area contributed by atoms with Crippen molar-refractivity contribution in [3.63, 3.8) is 0 Å². The van der Waals surface area contributed by atoms with Gasteiger partial charge in [-0.3, -0.25) is 0 Å². The Bertz CT molecular complexity index is 758. The van der Waals surface area contributed by atoms with Crippen LogP contribution in [0.2, 0.25) is 0 Å². The minimum atomic E-state index is 0.651. The summed E-state index contributed by atoms with van der Waals surface area (Å²) < 4.78 is 5.86. The molecule has 29 heavy (non-hydrogen) atoms. The van der Waals surface area contributed by atoms with E-state index in [4.69, 9.17) is 4.74 Å². The molecule has 154 valence electrons. The fourth-order valence-electron chi connectivity index (χ4n) is 3.40. The fraction of sp³-hybridized carbons (Fsp3) is 0.444. The average Bonchev–Trinajstić information content (AvgIpc) is 2.77. The fourth-order valence-corrected chi connectivity index (χ4v) is 3.40. The predicted octanol–water partition coefficient (Wildman–Crippen LogP) is 8.03. The molecule has 0 saturated carbocycles. The lowest BCUT2D eigenvalue weighted by Crippen LogP contribution is -1.98. The molecule has 0 amide bonds. The van der Waals surface area contributed by atoms with Crippen LogP contribution in [0.1, 0.15) is 87.8 Å². The Morgan fingerprint density at radius 1 is 0.793 bits per heavy atom. The third-order valence-electron chi connectivity index (χ3n) is 5.17. The summed E-state index contributed by atoms with van der Waals surface area (Å²) in [5.74, 6) is 0.786. The van der Waals surface area contributed by atoms with E-state index in [1.807, 2.05) is 60.7 Å². The van der Waals surface area contributed by atoms with Crippen molar-refractivity contribution >= 4 is 12.2 Å². The molecule has 0 unspecified atom stereocenters. The van der Waals surface area contributed by atoms with Gasteiger partial charge in [0.15, 0.2) is 0 Å². The highest BCUT2D eigenvalue weighted by Crippen LogP contribution is 2.20. The molecule has 0 spiro atoms. The first-order valence-electron chi connectivity index (χ1n) is 11.2. The highest BCUT2D eigenvalue weighted by molar-refractivity contribution is 5.73. The van der Waals surface area contributed by atoms with Crippen LogP contribution in [-0.4, -0.2) is 6.61 Å². The van der Waals surface area contributed by atoms with Crippen LogP contribution in [0.3, 0.4) is 0 Å². The molecule has 0 fully saturated rings. The van der Waals surface area contributed by atoms with Gasteiger partial charge in [-0.15, -0.1) is 0 Å². The molecule has 0 N–H and O–H groups in total. The van der Waals surface area contributed by atoms with E-state index in [9.17, 15) is 5.26 Å². The van der Waals surface area contributed by atoms with E-state index < -0.39 is 0 Å². The zero-order valence-corrected chi connectivity index (χ0v) is 17.9. The van der Waals surface area contributed by atoms with Crippen LogP contribution in [0.15, 0.2) is 48.5 Å². The number of nitrogens with zero attached hydrogens (tertiary/aromatic N) is 1. The van der Waals surface area contributed by atoms with Gasteiger partial charge in [0.2, 0.25) is 0 Å². The summed E-state index contributed by atoms with van der Waals surface area (Å²) in [5, 5.41) is 9.46. The van der Waals surface area contributed by atoms with Gasteiger partial charge in [-0.2, -0.15) is 5.26 Å². The van der Waals surface area contributed by atoms with Gasteiger partial charge in [0.1, 0.15) is 5.75 Å². The van der Waals surface area contributed by atoms with Gasteiger partial charge in [-0.1, -0.05) is 107 Å². The Morgan fingerprint density at radius 2 is 1.45 bits per heavy atom. The van der Waals surface area contributed by atoms with Crippen molar-refractivity contribution in [2.45, 2.75) is 71.1 Å².